The second-order valence-electron chi connectivity index (χ2n) is 4.39. The number of likely N-dealkylation sites (N-methyl/N-ethyl adjacent to an activating group) is 1. The molecular weight excluding hydrogens is 288 g/mol. The van der Waals surface area contributed by atoms with Crippen molar-refractivity contribution in [3.05, 3.63) is 63.9 Å². The van der Waals surface area contributed by atoms with Crippen molar-refractivity contribution < 1.29 is 0 Å². The number of nitrogens with zero attached hydrogens (tertiary/aromatic N) is 1. The number of aromatic nitrogens is 1. The van der Waals surface area contributed by atoms with Crippen LogP contribution in [0.5, 0.6) is 0 Å². The normalized spacial score (nSPS) is 12.4. The molecule has 0 fully saturated rings. The van der Waals surface area contributed by atoms with Gasteiger partial charge in [-0.15, -0.1) is 0 Å². The van der Waals surface area contributed by atoms with Crippen molar-refractivity contribution in [2.45, 2.75) is 12.8 Å². The molecule has 1 heterocycles. The van der Waals surface area contributed by atoms with E-state index in [0.717, 1.165) is 11.0 Å². The fraction of sp³-hybridized carbons (Fsp3) is 0.267. The maximum Gasteiger partial charge on any atom is 0.0270 e. The number of hydrogen-bond acceptors (Lipinski definition) is 2. The molecule has 18 heavy (non-hydrogen) atoms. The largest absolute Gasteiger partial charge is 0.319 e. The highest BCUT2D eigenvalue weighted by Crippen LogP contribution is 2.28. The second-order valence-corrected chi connectivity index (χ2v) is 5.31. The number of nitrogens with one attached hydrogen (secondary N) is 1. The maximum absolute atomic E-state index is 4.09. The van der Waals surface area contributed by atoms with Crippen LogP contribution in [0, 0.1) is 6.92 Å². The van der Waals surface area contributed by atoms with Gasteiger partial charge >= 0.3 is 0 Å². The van der Waals surface area contributed by atoms with Crippen LogP contribution in [0.1, 0.15) is 22.6 Å². The van der Waals surface area contributed by atoms with Gasteiger partial charge in [-0.1, -0.05) is 22.0 Å². The first-order valence-electron chi connectivity index (χ1n) is 6.03. The first-order chi connectivity index (χ1) is 8.72. The first-order valence-corrected chi connectivity index (χ1v) is 6.82. The van der Waals surface area contributed by atoms with Crippen LogP contribution in [0.3, 0.4) is 0 Å². The van der Waals surface area contributed by atoms with Gasteiger partial charge in [0.2, 0.25) is 0 Å². The van der Waals surface area contributed by atoms with E-state index in [1.54, 1.807) is 0 Å². The Bertz CT molecular complexity index is 511. The van der Waals surface area contributed by atoms with E-state index >= 15 is 0 Å². The van der Waals surface area contributed by atoms with Crippen molar-refractivity contribution in [3.63, 3.8) is 0 Å². The fourth-order valence-electron chi connectivity index (χ4n) is 2.19. The molecule has 2 aromatic rings. The molecule has 0 aliphatic carbocycles. The highest BCUT2D eigenvalue weighted by molar-refractivity contribution is 9.10. The predicted octanol–water partition coefficient (Wildman–Crippen LogP) is 3.50. The molecule has 1 aromatic heterocycles. The highest BCUT2D eigenvalue weighted by atomic mass is 79.9. The average molecular weight is 305 g/mol. The molecule has 0 aliphatic heterocycles. The Morgan fingerprint density at radius 2 is 1.94 bits per heavy atom. The van der Waals surface area contributed by atoms with Gasteiger partial charge in [-0.25, -0.2) is 0 Å². The molecule has 0 spiro atoms. The molecule has 1 N–H and O–H groups in total. The minimum Gasteiger partial charge on any atom is -0.319 e. The van der Waals surface area contributed by atoms with Crippen LogP contribution < -0.4 is 5.32 Å². The van der Waals surface area contributed by atoms with Crippen LogP contribution in [-0.2, 0) is 0 Å². The van der Waals surface area contributed by atoms with Crippen molar-refractivity contribution >= 4 is 15.9 Å². The number of halogens is 1. The summed E-state index contributed by atoms with van der Waals surface area (Å²) >= 11 is 3.56. The van der Waals surface area contributed by atoms with Crippen LogP contribution >= 0.6 is 15.9 Å². The lowest BCUT2D eigenvalue weighted by Crippen LogP contribution is -2.19. The molecule has 1 unspecified atom stereocenters. The summed E-state index contributed by atoms with van der Waals surface area (Å²) in [6.07, 6.45) is 3.70. The zero-order chi connectivity index (χ0) is 13.0. The molecule has 94 valence electrons. The molecular formula is C15H17BrN2. The zero-order valence-corrected chi connectivity index (χ0v) is 12.2. The summed E-state index contributed by atoms with van der Waals surface area (Å²) in [4.78, 5) is 4.09. The molecule has 2 rings (SSSR count). The Morgan fingerprint density at radius 3 is 2.61 bits per heavy atom. The Hall–Kier alpha value is -1.19. The first kappa shape index (κ1) is 13.2. The molecule has 0 saturated carbocycles. The van der Waals surface area contributed by atoms with Gasteiger partial charge in [-0.05, 0) is 54.9 Å². The van der Waals surface area contributed by atoms with Gasteiger partial charge < -0.3 is 5.32 Å². The molecule has 1 aromatic carbocycles. The summed E-state index contributed by atoms with van der Waals surface area (Å²) in [7, 11) is 1.99. The summed E-state index contributed by atoms with van der Waals surface area (Å²) in [5.41, 5.74) is 3.96. The van der Waals surface area contributed by atoms with Crippen molar-refractivity contribution in [1.29, 1.82) is 0 Å². The van der Waals surface area contributed by atoms with Crippen molar-refractivity contribution in [2.75, 3.05) is 13.6 Å². The Balaban J connectivity index is 2.44. The number of aryl methyl sites for hydroxylation is 1. The minimum atomic E-state index is 0.357. The summed E-state index contributed by atoms with van der Waals surface area (Å²) in [6.45, 7) is 3.08. The average Bonchev–Trinajstić information content (AvgIpc) is 2.40. The van der Waals surface area contributed by atoms with Gasteiger partial charge in [-0.3, -0.25) is 4.98 Å². The minimum absolute atomic E-state index is 0.357. The van der Waals surface area contributed by atoms with Gasteiger partial charge in [0.05, 0.1) is 0 Å². The Morgan fingerprint density at radius 1 is 1.22 bits per heavy atom. The van der Waals surface area contributed by atoms with Gasteiger partial charge in [0, 0.05) is 29.3 Å². The monoisotopic (exact) mass is 304 g/mol. The molecule has 1 atom stereocenters. The van der Waals surface area contributed by atoms with E-state index in [1.165, 1.54) is 16.7 Å². The zero-order valence-electron chi connectivity index (χ0n) is 10.7. The van der Waals surface area contributed by atoms with Crippen LogP contribution in [0.4, 0.5) is 0 Å². The van der Waals surface area contributed by atoms with Crippen LogP contribution in [0.15, 0.2) is 47.2 Å². The molecule has 0 bridgehead atoms. The van der Waals surface area contributed by atoms with Crippen molar-refractivity contribution in [1.82, 2.24) is 10.3 Å². The van der Waals surface area contributed by atoms with E-state index in [-0.39, 0.29) is 0 Å². The molecule has 0 radical (unpaired) electrons. The van der Waals surface area contributed by atoms with E-state index in [0.29, 0.717) is 5.92 Å². The van der Waals surface area contributed by atoms with E-state index in [2.05, 4.69) is 63.5 Å². The number of pyridine rings is 1. The van der Waals surface area contributed by atoms with Crippen LogP contribution in [0.2, 0.25) is 0 Å². The summed E-state index contributed by atoms with van der Waals surface area (Å²) < 4.78 is 1.12. The lowest BCUT2D eigenvalue weighted by Gasteiger charge is -2.20. The van der Waals surface area contributed by atoms with Crippen LogP contribution in [0.25, 0.3) is 0 Å². The molecule has 0 saturated heterocycles. The summed E-state index contributed by atoms with van der Waals surface area (Å²) in [5, 5.41) is 3.28. The second kappa shape index (κ2) is 6.12. The lowest BCUT2D eigenvalue weighted by atomic mass is 9.89. The number of rotatable bonds is 4. The SMILES string of the molecule is CNCC(c1ccncc1)c1cc(Br)ccc1C. The Kier molecular flexibility index (Phi) is 4.50. The van der Waals surface area contributed by atoms with Crippen LogP contribution in [-0.4, -0.2) is 18.6 Å². The molecule has 3 heteroatoms. The number of hydrogen-bond donors (Lipinski definition) is 1. The summed E-state index contributed by atoms with van der Waals surface area (Å²) in [5.74, 6) is 0.357. The van der Waals surface area contributed by atoms with E-state index in [4.69, 9.17) is 0 Å². The van der Waals surface area contributed by atoms with Crippen molar-refractivity contribution in [3.8, 4) is 0 Å². The number of benzene rings is 1. The van der Waals surface area contributed by atoms with E-state index < -0.39 is 0 Å². The standard InChI is InChI=1S/C15H17BrN2/c1-11-3-4-13(16)9-14(11)15(10-17-2)12-5-7-18-8-6-12/h3-9,15,17H,10H2,1-2H3. The van der Waals surface area contributed by atoms with E-state index in [9.17, 15) is 0 Å². The highest BCUT2D eigenvalue weighted by Gasteiger charge is 2.15. The quantitative estimate of drug-likeness (QED) is 0.935. The van der Waals surface area contributed by atoms with E-state index in [1.807, 2.05) is 19.4 Å². The summed E-state index contributed by atoms with van der Waals surface area (Å²) in [6, 6.07) is 10.6. The van der Waals surface area contributed by atoms with Gasteiger partial charge in [0.15, 0.2) is 0 Å². The smallest absolute Gasteiger partial charge is 0.0270 e. The topological polar surface area (TPSA) is 24.9 Å². The van der Waals surface area contributed by atoms with Crippen molar-refractivity contribution in [2.24, 2.45) is 0 Å². The van der Waals surface area contributed by atoms with Gasteiger partial charge in [0.25, 0.3) is 0 Å². The Labute approximate surface area is 117 Å². The third-order valence-electron chi connectivity index (χ3n) is 3.13. The molecule has 2 nitrogen and oxygen atoms in total. The lowest BCUT2D eigenvalue weighted by molar-refractivity contribution is 0.703. The third kappa shape index (κ3) is 2.98. The molecule has 0 aliphatic rings. The molecule has 0 amide bonds. The maximum atomic E-state index is 4.09. The van der Waals surface area contributed by atoms with Gasteiger partial charge in [-0.2, -0.15) is 0 Å². The fourth-order valence-corrected chi connectivity index (χ4v) is 2.57. The van der Waals surface area contributed by atoms with Gasteiger partial charge in [0.1, 0.15) is 0 Å². The predicted molar refractivity (Wildman–Crippen MR) is 78.9 cm³/mol. The third-order valence-corrected chi connectivity index (χ3v) is 3.63.